The molecule has 14 heteroatoms. The molecule has 51 heavy (non-hydrogen) atoms. The molecule has 1 unspecified atom stereocenters. The van der Waals surface area contributed by atoms with E-state index in [0.717, 1.165) is 18.1 Å². The molecule has 6 N–H and O–H groups in total. The fourth-order valence-electron chi connectivity index (χ4n) is 3.01. The Labute approximate surface area is 314 Å². The fraction of sp³-hybridized carbons (Fsp3) is 0.541. The van der Waals surface area contributed by atoms with Gasteiger partial charge in [-0.1, -0.05) is 61.4 Å². The Morgan fingerprint density at radius 2 is 1.55 bits per heavy atom. The van der Waals surface area contributed by atoms with Crippen molar-refractivity contribution in [3.05, 3.63) is 81.2 Å². The monoisotopic (exact) mass is 762 g/mol. The summed E-state index contributed by atoms with van der Waals surface area (Å²) in [5.41, 5.74) is 11.2. The van der Waals surface area contributed by atoms with E-state index >= 15 is 0 Å². The predicted octanol–water partition coefficient (Wildman–Crippen LogP) is 9.48. The van der Waals surface area contributed by atoms with Crippen LogP contribution in [0.15, 0.2) is 59.8 Å². The van der Waals surface area contributed by atoms with Crippen molar-refractivity contribution >= 4 is 41.4 Å². The van der Waals surface area contributed by atoms with Gasteiger partial charge in [-0.05, 0) is 107 Å². The third-order valence-corrected chi connectivity index (χ3v) is 6.42. The number of aliphatic hydroxyl groups excluding tert-OH is 1. The Kier molecular flexibility index (Phi) is 25.3. The molecule has 0 bridgehead atoms. The maximum Gasteiger partial charge on any atom is 0.413 e. The molecular formula is C37H61Cl2FN4O7. The van der Waals surface area contributed by atoms with E-state index in [-0.39, 0.29) is 29.0 Å². The first-order valence-electron chi connectivity index (χ1n) is 16.4. The summed E-state index contributed by atoms with van der Waals surface area (Å²) in [7, 11) is 1.77. The van der Waals surface area contributed by atoms with Crippen LogP contribution in [0.4, 0.5) is 14.0 Å². The van der Waals surface area contributed by atoms with Crippen molar-refractivity contribution in [3.63, 3.8) is 0 Å². The molecule has 1 rings (SSSR count). The van der Waals surface area contributed by atoms with E-state index in [4.69, 9.17) is 48.9 Å². The van der Waals surface area contributed by atoms with Gasteiger partial charge in [0.15, 0.2) is 5.76 Å². The molecule has 0 aliphatic heterocycles. The van der Waals surface area contributed by atoms with Gasteiger partial charge in [0.2, 0.25) is 0 Å². The zero-order valence-electron chi connectivity index (χ0n) is 32.8. The molecule has 0 fully saturated rings. The Morgan fingerprint density at radius 3 is 1.90 bits per heavy atom. The largest absolute Gasteiger partial charge is 0.504 e. The van der Waals surface area contributed by atoms with Crippen LogP contribution in [-0.4, -0.2) is 58.6 Å². The fourth-order valence-corrected chi connectivity index (χ4v) is 3.65. The summed E-state index contributed by atoms with van der Waals surface area (Å²) in [6.07, 6.45) is 4.98. The molecule has 2 amide bonds. The highest BCUT2D eigenvalue weighted by Gasteiger charge is 2.22. The summed E-state index contributed by atoms with van der Waals surface area (Å²) in [5.74, 6) is -2.20. The Bertz CT molecular complexity index is 1370. The molecular weight excluding hydrogens is 702 g/mol. The molecule has 0 spiro atoms. The van der Waals surface area contributed by atoms with Gasteiger partial charge in [0.1, 0.15) is 28.5 Å². The van der Waals surface area contributed by atoms with Crippen molar-refractivity contribution in [1.82, 2.24) is 10.2 Å². The van der Waals surface area contributed by atoms with E-state index in [9.17, 15) is 23.9 Å². The number of nitrogens with zero attached hydrogens (tertiary/aromatic N) is 1. The van der Waals surface area contributed by atoms with Gasteiger partial charge in [0.05, 0.1) is 11.1 Å². The molecule has 292 valence electrons. The first kappa shape index (κ1) is 51.5. The van der Waals surface area contributed by atoms with Gasteiger partial charge in [-0.25, -0.2) is 18.8 Å². The highest BCUT2D eigenvalue weighted by atomic mass is 35.5. The summed E-state index contributed by atoms with van der Waals surface area (Å²) in [4.78, 5) is 35.9. The molecule has 1 atom stereocenters. The van der Waals surface area contributed by atoms with Crippen molar-refractivity contribution in [2.75, 3.05) is 7.05 Å². The average molecular weight is 764 g/mol. The summed E-state index contributed by atoms with van der Waals surface area (Å²) in [6, 6.07) is 3.01. The second-order valence-corrected chi connectivity index (χ2v) is 14.1. The van der Waals surface area contributed by atoms with Crippen LogP contribution >= 0.6 is 23.2 Å². The number of carbonyl (C=O) groups is 3. The zero-order chi connectivity index (χ0) is 40.9. The van der Waals surface area contributed by atoms with Crippen LogP contribution in [0, 0.1) is 5.82 Å². The lowest BCUT2D eigenvalue weighted by molar-refractivity contribution is -0.142. The van der Waals surface area contributed by atoms with Crippen LogP contribution in [0.2, 0.25) is 10.0 Å². The second kappa shape index (κ2) is 25.1. The van der Waals surface area contributed by atoms with E-state index in [1.165, 1.54) is 12.1 Å². The summed E-state index contributed by atoms with van der Waals surface area (Å²) in [5, 5.41) is 12.4. The van der Waals surface area contributed by atoms with E-state index < -0.39 is 40.7 Å². The van der Waals surface area contributed by atoms with Gasteiger partial charge in [-0.15, -0.1) is 0 Å². The predicted molar refractivity (Wildman–Crippen MR) is 206 cm³/mol. The maximum absolute atomic E-state index is 12.8. The molecule has 1 aromatic rings. The zero-order valence-corrected chi connectivity index (χ0v) is 34.3. The van der Waals surface area contributed by atoms with E-state index in [2.05, 4.69) is 11.9 Å². The quantitative estimate of drug-likeness (QED) is 0.0504. The van der Waals surface area contributed by atoms with Crippen molar-refractivity contribution < 1.29 is 38.1 Å². The molecule has 11 nitrogen and oxygen atoms in total. The summed E-state index contributed by atoms with van der Waals surface area (Å²) >= 11 is 11.4. The topological polar surface area (TPSA) is 166 Å². The van der Waals surface area contributed by atoms with Crippen LogP contribution in [0.1, 0.15) is 102 Å². The second-order valence-electron chi connectivity index (χ2n) is 13.3. The van der Waals surface area contributed by atoms with Crippen molar-refractivity contribution in [1.29, 1.82) is 0 Å². The first-order chi connectivity index (χ1) is 23.1. The van der Waals surface area contributed by atoms with E-state index in [0.29, 0.717) is 17.0 Å². The minimum atomic E-state index is -0.844. The number of ether oxygens (including phenoxy) is 3. The number of benzene rings is 1. The molecule has 0 aromatic heterocycles. The summed E-state index contributed by atoms with van der Waals surface area (Å²) in [6.45, 7) is 27.5. The molecule has 0 saturated carbocycles. The number of aliphatic hydroxyl groups is 1. The van der Waals surface area contributed by atoms with Gasteiger partial charge in [-0.3, -0.25) is 5.32 Å². The lowest BCUT2D eigenvalue weighted by atomic mass is 10.2. The average Bonchev–Trinajstić information content (AvgIpc) is 2.97. The molecule has 0 saturated heterocycles. The Balaban J connectivity index is -0.000000657. The number of allylic oxidation sites excluding steroid dienone is 4. The smallest absolute Gasteiger partial charge is 0.413 e. The number of carbonyl (C=O) groups excluding carboxylic acids is 3. The maximum atomic E-state index is 12.8. The van der Waals surface area contributed by atoms with Crippen LogP contribution in [0.3, 0.4) is 0 Å². The standard InChI is InChI=1S/C13H23N3O5.C10H21NO2.C8H7Cl2F.C6H10/c1-7(2)20-11(18)8(14)6-9(17)10(15)16-12(19)21-13(3,4)5;1-7-8(2)11(6)9(12)13-10(3,4)5;1-2-5-6(9)3-4-7(11)8(5)10;1-4-5-6(2)3/h6-7,17H,14-15H2,1-5H3,(H,16,19);8H,7H2,1-6H3;3-4H,2H2,1H3;4-5H,2H2,1,3H3/b8-6-,10-9-;;;5-4-. The number of esters is 1. The highest BCUT2D eigenvalue weighted by molar-refractivity contribution is 6.36. The normalized spacial score (nSPS) is 12.4. The van der Waals surface area contributed by atoms with Crippen LogP contribution in [-0.2, 0) is 25.4 Å². The molecule has 1 aromatic carbocycles. The van der Waals surface area contributed by atoms with Gasteiger partial charge >= 0.3 is 18.2 Å². The third-order valence-electron chi connectivity index (χ3n) is 5.66. The molecule has 0 aliphatic carbocycles. The minimum Gasteiger partial charge on any atom is -0.504 e. The SMILES string of the molecule is C=C(C)/C=C\C.CC(C)OC(=O)/C(N)=C/C(O)=C(\N)NC(=O)OC(C)(C)C.CCC(C)N(C)C(=O)OC(C)(C)C.CCc1c(Cl)ccc(F)c1Cl. The van der Waals surface area contributed by atoms with E-state index in [1.54, 1.807) is 46.6 Å². The number of alkyl carbamates (subject to hydrolysis) is 1. The number of nitrogens with one attached hydrogen (secondary N) is 1. The number of amides is 2. The third kappa shape index (κ3) is 26.6. The number of hydrogen-bond acceptors (Lipinski definition) is 9. The molecule has 0 aliphatic rings. The van der Waals surface area contributed by atoms with Gasteiger partial charge in [0, 0.05) is 24.2 Å². The number of nitrogens with two attached hydrogens (primary N) is 2. The van der Waals surface area contributed by atoms with E-state index in [1.807, 2.05) is 67.5 Å². The van der Waals surface area contributed by atoms with Gasteiger partial charge in [-0.2, -0.15) is 0 Å². The number of halogens is 3. The van der Waals surface area contributed by atoms with Crippen molar-refractivity contribution in [2.45, 2.75) is 126 Å². The lowest BCUT2D eigenvalue weighted by Crippen LogP contribution is -2.39. The lowest BCUT2D eigenvalue weighted by Gasteiger charge is -2.28. The Morgan fingerprint density at radius 1 is 1.04 bits per heavy atom. The number of rotatable bonds is 8. The Hall–Kier alpha value is -3.90. The number of hydrogen-bond donors (Lipinski definition) is 4. The van der Waals surface area contributed by atoms with Crippen LogP contribution < -0.4 is 16.8 Å². The van der Waals surface area contributed by atoms with Crippen LogP contribution in [0.5, 0.6) is 0 Å². The van der Waals surface area contributed by atoms with Gasteiger partial charge in [0.25, 0.3) is 0 Å². The van der Waals surface area contributed by atoms with Crippen molar-refractivity contribution in [3.8, 4) is 0 Å². The summed E-state index contributed by atoms with van der Waals surface area (Å²) < 4.78 is 27.7. The van der Waals surface area contributed by atoms with Crippen LogP contribution in [0.25, 0.3) is 0 Å². The highest BCUT2D eigenvalue weighted by Crippen LogP contribution is 2.27. The molecule has 0 radical (unpaired) electrons. The van der Waals surface area contributed by atoms with Gasteiger partial charge < -0.3 is 35.7 Å². The molecule has 0 heterocycles. The first-order valence-corrected chi connectivity index (χ1v) is 17.1. The minimum absolute atomic E-state index is 0.139. The van der Waals surface area contributed by atoms with Crippen molar-refractivity contribution in [2.24, 2.45) is 11.5 Å².